The Morgan fingerprint density at radius 3 is 2.75 bits per heavy atom. The number of methoxy groups -OCH3 is 1. The van der Waals surface area contributed by atoms with Crippen LogP contribution in [-0.4, -0.2) is 39.2 Å². The molecule has 0 aliphatic carbocycles. The Balaban J connectivity index is 2.09. The maximum Gasteiger partial charge on any atom is 0.258 e. The van der Waals surface area contributed by atoms with E-state index in [2.05, 4.69) is 25.3 Å². The molecule has 0 radical (unpaired) electrons. The lowest BCUT2D eigenvalue weighted by Gasteiger charge is -2.08. The molecule has 0 saturated carbocycles. The van der Waals surface area contributed by atoms with Gasteiger partial charge in [0, 0.05) is 18.6 Å². The van der Waals surface area contributed by atoms with Gasteiger partial charge >= 0.3 is 0 Å². The van der Waals surface area contributed by atoms with Crippen LogP contribution in [0.2, 0.25) is 0 Å². The standard InChI is InChI=1S/C12H13N5O2S/c1-19-11-8(6-16-12(17-11)20-2)10(18)15-7-9-13-4-3-5-14-9/h3-6H,7H2,1-2H3,(H,15,18). The number of thioether (sulfide) groups is 1. The van der Waals surface area contributed by atoms with E-state index in [9.17, 15) is 4.79 Å². The van der Waals surface area contributed by atoms with Crippen LogP contribution >= 0.6 is 11.8 Å². The monoisotopic (exact) mass is 291 g/mol. The molecule has 0 aromatic carbocycles. The van der Waals surface area contributed by atoms with Crippen LogP contribution in [0.1, 0.15) is 16.2 Å². The minimum absolute atomic E-state index is 0.229. The molecule has 0 aliphatic heterocycles. The summed E-state index contributed by atoms with van der Waals surface area (Å²) in [6.07, 6.45) is 6.52. The molecule has 2 aromatic rings. The molecule has 8 heteroatoms. The van der Waals surface area contributed by atoms with Gasteiger partial charge in [-0.2, -0.15) is 4.98 Å². The van der Waals surface area contributed by atoms with Gasteiger partial charge in [0.15, 0.2) is 5.16 Å². The van der Waals surface area contributed by atoms with Crippen LogP contribution in [0.5, 0.6) is 5.88 Å². The Bertz CT molecular complexity index is 594. The molecule has 7 nitrogen and oxygen atoms in total. The highest BCUT2D eigenvalue weighted by Gasteiger charge is 2.15. The molecule has 2 aromatic heterocycles. The molecule has 0 unspecified atom stereocenters. The summed E-state index contributed by atoms with van der Waals surface area (Å²) in [6, 6.07) is 1.71. The van der Waals surface area contributed by atoms with Gasteiger partial charge in [-0.1, -0.05) is 11.8 Å². The van der Waals surface area contributed by atoms with Crippen LogP contribution in [0.25, 0.3) is 0 Å². The van der Waals surface area contributed by atoms with Gasteiger partial charge in [-0.15, -0.1) is 0 Å². The first-order valence-corrected chi connectivity index (χ1v) is 6.96. The van der Waals surface area contributed by atoms with E-state index < -0.39 is 0 Å². The summed E-state index contributed by atoms with van der Waals surface area (Å²) < 4.78 is 5.10. The average molecular weight is 291 g/mol. The van der Waals surface area contributed by atoms with Gasteiger partial charge in [-0.3, -0.25) is 4.79 Å². The second-order valence-corrected chi connectivity index (χ2v) is 4.40. The first-order valence-electron chi connectivity index (χ1n) is 5.73. The quantitative estimate of drug-likeness (QED) is 0.647. The highest BCUT2D eigenvalue weighted by atomic mass is 32.2. The van der Waals surface area contributed by atoms with E-state index in [4.69, 9.17) is 4.74 Å². The van der Waals surface area contributed by atoms with Crippen molar-refractivity contribution in [1.82, 2.24) is 25.3 Å². The van der Waals surface area contributed by atoms with Gasteiger partial charge in [0.2, 0.25) is 5.88 Å². The third-order valence-electron chi connectivity index (χ3n) is 2.38. The van der Waals surface area contributed by atoms with Crippen molar-refractivity contribution in [3.63, 3.8) is 0 Å². The van der Waals surface area contributed by atoms with E-state index in [1.165, 1.54) is 25.1 Å². The highest BCUT2D eigenvalue weighted by molar-refractivity contribution is 7.98. The van der Waals surface area contributed by atoms with E-state index >= 15 is 0 Å². The summed E-state index contributed by atoms with van der Waals surface area (Å²) >= 11 is 1.38. The summed E-state index contributed by atoms with van der Waals surface area (Å²) in [7, 11) is 1.46. The third-order valence-corrected chi connectivity index (χ3v) is 2.94. The summed E-state index contributed by atoms with van der Waals surface area (Å²) in [6.45, 7) is 0.229. The smallest absolute Gasteiger partial charge is 0.258 e. The lowest BCUT2D eigenvalue weighted by molar-refractivity contribution is 0.0945. The summed E-state index contributed by atoms with van der Waals surface area (Å²) in [5.41, 5.74) is 0.279. The van der Waals surface area contributed by atoms with E-state index in [-0.39, 0.29) is 23.9 Å². The molecule has 1 N–H and O–H groups in total. The van der Waals surface area contributed by atoms with E-state index in [0.29, 0.717) is 11.0 Å². The predicted molar refractivity (Wildman–Crippen MR) is 73.6 cm³/mol. The molecule has 0 aliphatic rings. The highest BCUT2D eigenvalue weighted by Crippen LogP contribution is 2.18. The zero-order chi connectivity index (χ0) is 14.4. The lowest BCUT2D eigenvalue weighted by atomic mass is 10.3. The molecule has 0 saturated heterocycles. The summed E-state index contributed by atoms with van der Waals surface area (Å²) in [5.74, 6) is 0.444. The predicted octanol–water partition coefficient (Wildman–Crippen LogP) is 0.927. The first kappa shape index (κ1) is 14.2. The van der Waals surface area contributed by atoms with Crippen molar-refractivity contribution in [2.75, 3.05) is 13.4 Å². The normalized spacial score (nSPS) is 10.1. The Labute approximate surface area is 120 Å². The van der Waals surface area contributed by atoms with Crippen molar-refractivity contribution >= 4 is 17.7 Å². The number of ether oxygens (including phenoxy) is 1. The fraction of sp³-hybridized carbons (Fsp3) is 0.250. The minimum atomic E-state index is -0.332. The van der Waals surface area contributed by atoms with Crippen molar-refractivity contribution in [2.24, 2.45) is 0 Å². The number of aromatic nitrogens is 4. The largest absolute Gasteiger partial charge is 0.480 e. The molecule has 2 rings (SSSR count). The van der Waals surface area contributed by atoms with Crippen LogP contribution in [0.3, 0.4) is 0 Å². The van der Waals surface area contributed by atoms with Crippen molar-refractivity contribution in [3.8, 4) is 5.88 Å². The Morgan fingerprint density at radius 2 is 2.10 bits per heavy atom. The Kier molecular flexibility index (Phi) is 4.83. The molecule has 0 bridgehead atoms. The van der Waals surface area contributed by atoms with Crippen LogP contribution in [-0.2, 0) is 6.54 Å². The van der Waals surface area contributed by atoms with Gasteiger partial charge < -0.3 is 10.1 Å². The van der Waals surface area contributed by atoms with Crippen molar-refractivity contribution in [1.29, 1.82) is 0 Å². The summed E-state index contributed by atoms with van der Waals surface area (Å²) in [5, 5.41) is 3.24. The van der Waals surface area contributed by atoms with Gasteiger partial charge in [-0.05, 0) is 12.3 Å². The number of amides is 1. The molecule has 104 valence electrons. The second kappa shape index (κ2) is 6.80. The molecule has 2 heterocycles. The number of nitrogens with zero attached hydrogens (tertiary/aromatic N) is 4. The maximum atomic E-state index is 12.1. The maximum absolute atomic E-state index is 12.1. The van der Waals surface area contributed by atoms with Gasteiger partial charge in [0.05, 0.1) is 13.7 Å². The second-order valence-electron chi connectivity index (χ2n) is 3.63. The molecular formula is C12H13N5O2S. The van der Waals surface area contributed by atoms with E-state index in [1.807, 2.05) is 6.26 Å². The number of hydrogen-bond donors (Lipinski definition) is 1. The van der Waals surface area contributed by atoms with Crippen LogP contribution in [0.4, 0.5) is 0 Å². The van der Waals surface area contributed by atoms with E-state index in [1.54, 1.807) is 18.5 Å². The fourth-order valence-corrected chi connectivity index (χ4v) is 1.77. The zero-order valence-corrected chi connectivity index (χ0v) is 11.8. The topological polar surface area (TPSA) is 89.9 Å². The Morgan fingerprint density at radius 1 is 1.35 bits per heavy atom. The molecule has 0 fully saturated rings. The summed E-state index contributed by atoms with van der Waals surface area (Å²) in [4.78, 5) is 28.3. The molecule has 0 atom stereocenters. The number of carbonyl (C=O) groups is 1. The van der Waals surface area contributed by atoms with Gasteiger partial charge in [-0.25, -0.2) is 15.0 Å². The van der Waals surface area contributed by atoms with E-state index in [0.717, 1.165) is 0 Å². The number of hydrogen-bond acceptors (Lipinski definition) is 7. The Hall–Kier alpha value is -2.22. The zero-order valence-electron chi connectivity index (χ0n) is 11.0. The molecule has 1 amide bonds. The van der Waals surface area contributed by atoms with Crippen LogP contribution < -0.4 is 10.1 Å². The number of nitrogens with one attached hydrogen (secondary N) is 1. The lowest BCUT2D eigenvalue weighted by Crippen LogP contribution is -2.25. The van der Waals surface area contributed by atoms with Crippen molar-refractivity contribution < 1.29 is 9.53 Å². The van der Waals surface area contributed by atoms with Gasteiger partial charge in [0.25, 0.3) is 5.91 Å². The third kappa shape index (κ3) is 3.41. The van der Waals surface area contributed by atoms with Crippen molar-refractivity contribution in [3.05, 3.63) is 36.0 Å². The molecule has 0 spiro atoms. The number of rotatable bonds is 5. The van der Waals surface area contributed by atoms with Crippen molar-refractivity contribution in [2.45, 2.75) is 11.7 Å². The van der Waals surface area contributed by atoms with Crippen LogP contribution in [0, 0.1) is 0 Å². The average Bonchev–Trinajstić information content (AvgIpc) is 2.52. The SMILES string of the molecule is COc1nc(SC)ncc1C(=O)NCc1ncccn1. The van der Waals surface area contributed by atoms with Crippen LogP contribution in [0.15, 0.2) is 29.8 Å². The fourth-order valence-electron chi connectivity index (χ4n) is 1.44. The first-order chi connectivity index (χ1) is 9.74. The van der Waals surface area contributed by atoms with Gasteiger partial charge in [0.1, 0.15) is 11.4 Å². The number of carbonyl (C=O) groups excluding carboxylic acids is 1. The molecule has 20 heavy (non-hydrogen) atoms. The molecular weight excluding hydrogens is 278 g/mol. The minimum Gasteiger partial charge on any atom is -0.480 e.